The van der Waals surface area contributed by atoms with E-state index in [1.165, 1.54) is 12.1 Å². The lowest BCUT2D eigenvalue weighted by Gasteiger charge is -2.15. The van der Waals surface area contributed by atoms with Gasteiger partial charge in [-0.05, 0) is 62.4 Å². The summed E-state index contributed by atoms with van der Waals surface area (Å²) < 4.78 is 55.3. The predicted molar refractivity (Wildman–Crippen MR) is 115 cm³/mol. The lowest BCUT2D eigenvalue weighted by molar-refractivity contribution is 0.577. The van der Waals surface area contributed by atoms with E-state index < -0.39 is 20.0 Å². The SMILES string of the molecule is Cc1ccc(NS(=O)(=O)c2ccc(C)c(NS(=O)(=O)CCC(C)C)c2)c(C)c1. The normalized spacial score (nSPS) is 12.2. The highest BCUT2D eigenvalue weighted by Crippen LogP contribution is 2.25. The minimum Gasteiger partial charge on any atom is -0.283 e. The van der Waals surface area contributed by atoms with Gasteiger partial charge < -0.3 is 0 Å². The number of sulfonamides is 2. The molecule has 0 spiro atoms. The smallest absolute Gasteiger partial charge is 0.261 e. The third-order valence-electron chi connectivity index (χ3n) is 4.37. The first-order valence-electron chi connectivity index (χ1n) is 9.11. The Morgan fingerprint density at radius 3 is 2.11 bits per heavy atom. The summed E-state index contributed by atoms with van der Waals surface area (Å²) in [5, 5.41) is 0. The standard InChI is InChI=1S/C20H28N2O4S2/c1-14(2)10-11-27(23,24)21-20-13-18(8-7-16(20)4)28(25,26)22-19-9-6-15(3)12-17(19)5/h6-9,12-14,21-22H,10-11H2,1-5H3. The van der Waals surface area contributed by atoms with Crippen molar-refractivity contribution in [1.29, 1.82) is 0 Å². The van der Waals surface area contributed by atoms with E-state index in [1.54, 1.807) is 19.1 Å². The lowest BCUT2D eigenvalue weighted by atomic mass is 10.1. The van der Waals surface area contributed by atoms with E-state index in [4.69, 9.17) is 0 Å². The second-order valence-corrected chi connectivity index (χ2v) is 11.0. The summed E-state index contributed by atoms with van der Waals surface area (Å²) in [6.07, 6.45) is 0.528. The zero-order valence-corrected chi connectivity index (χ0v) is 18.5. The van der Waals surface area contributed by atoms with E-state index in [1.807, 2.05) is 39.8 Å². The van der Waals surface area contributed by atoms with Crippen LogP contribution < -0.4 is 9.44 Å². The molecule has 0 radical (unpaired) electrons. The number of rotatable bonds is 8. The molecule has 2 rings (SSSR count). The highest BCUT2D eigenvalue weighted by molar-refractivity contribution is 7.93. The third-order valence-corrected chi connectivity index (χ3v) is 7.04. The summed E-state index contributed by atoms with van der Waals surface area (Å²) in [4.78, 5) is -0.000338. The molecule has 0 saturated heterocycles. The number of hydrogen-bond donors (Lipinski definition) is 2. The number of benzene rings is 2. The van der Waals surface area contributed by atoms with Gasteiger partial charge in [0, 0.05) is 0 Å². The van der Waals surface area contributed by atoms with Gasteiger partial charge in [0.1, 0.15) is 0 Å². The Morgan fingerprint density at radius 2 is 1.50 bits per heavy atom. The molecule has 0 aliphatic rings. The Kier molecular flexibility index (Phi) is 6.77. The minimum atomic E-state index is -3.85. The summed E-state index contributed by atoms with van der Waals surface area (Å²) >= 11 is 0. The fraction of sp³-hybridized carbons (Fsp3) is 0.400. The van der Waals surface area contributed by atoms with Crippen LogP contribution in [0.15, 0.2) is 41.3 Å². The van der Waals surface area contributed by atoms with Crippen LogP contribution in [0.1, 0.15) is 37.0 Å². The van der Waals surface area contributed by atoms with Crippen LogP contribution >= 0.6 is 0 Å². The molecule has 8 heteroatoms. The first-order valence-corrected chi connectivity index (χ1v) is 12.2. The van der Waals surface area contributed by atoms with E-state index in [0.717, 1.165) is 11.1 Å². The monoisotopic (exact) mass is 424 g/mol. The Labute approximate surface area is 168 Å². The van der Waals surface area contributed by atoms with Gasteiger partial charge in [0.2, 0.25) is 10.0 Å². The molecule has 2 aromatic carbocycles. The number of nitrogens with one attached hydrogen (secondary N) is 2. The van der Waals surface area contributed by atoms with Crippen LogP contribution in [0, 0.1) is 26.7 Å². The predicted octanol–water partition coefficient (Wildman–Crippen LogP) is 4.20. The van der Waals surface area contributed by atoms with Crippen molar-refractivity contribution >= 4 is 31.4 Å². The Bertz CT molecular complexity index is 1060. The fourth-order valence-corrected chi connectivity index (χ4v) is 5.21. The summed E-state index contributed by atoms with van der Waals surface area (Å²) in [5.41, 5.74) is 3.26. The largest absolute Gasteiger partial charge is 0.283 e. The molecule has 2 aromatic rings. The van der Waals surface area contributed by atoms with Crippen LogP contribution in [0.4, 0.5) is 11.4 Å². The molecule has 2 N–H and O–H groups in total. The van der Waals surface area contributed by atoms with E-state index in [-0.39, 0.29) is 22.3 Å². The van der Waals surface area contributed by atoms with Crippen molar-refractivity contribution in [2.24, 2.45) is 5.92 Å². The molecular formula is C20H28N2O4S2. The van der Waals surface area contributed by atoms with Crippen molar-refractivity contribution in [1.82, 2.24) is 0 Å². The molecule has 0 aliphatic heterocycles. The van der Waals surface area contributed by atoms with E-state index >= 15 is 0 Å². The van der Waals surface area contributed by atoms with Crippen LogP contribution in [0.3, 0.4) is 0 Å². The van der Waals surface area contributed by atoms with Gasteiger partial charge in [0.25, 0.3) is 10.0 Å². The van der Waals surface area contributed by atoms with Crippen LogP contribution in [-0.2, 0) is 20.0 Å². The van der Waals surface area contributed by atoms with Gasteiger partial charge in [0.15, 0.2) is 0 Å². The van der Waals surface area contributed by atoms with E-state index in [9.17, 15) is 16.8 Å². The molecule has 0 heterocycles. The maximum absolute atomic E-state index is 12.8. The first-order chi connectivity index (χ1) is 12.9. The van der Waals surface area contributed by atoms with E-state index in [0.29, 0.717) is 17.7 Å². The van der Waals surface area contributed by atoms with Crippen molar-refractivity contribution in [3.05, 3.63) is 53.1 Å². The van der Waals surface area contributed by atoms with Crippen molar-refractivity contribution in [3.63, 3.8) is 0 Å². The Hall–Kier alpha value is -2.06. The molecule has 0 atom stereocenters. The summed E-state index contributed by atoms with van der Waals surface area (Å²) in [6.45, 7) is 9.39. The topological polar surface area (TPSA) is 92.3 Å². The van der Waals surface area contributed by atoms with Gasteiger partial charge in [-0.1, -0.05) is 37.6 Å². The second-order valence-electron chi connectivity index (χ2n) is 7.50. The van der Waals surface area contributed by atoms with Crippen molar-refractivity contribution in [2.45, 2.75) is 45.9 Å². The molecule has 0 amide bonds. The van der Waals surface area contributed by atoms with Gasteiger partial charge in [-0.2, -0.15) is 0 Å². The van der Waals surface area contributed by atoms with Crippen LogP contribution in [0.2, 0.25) is 0 Å². The molecular weight excluding hydrogens is 396 g/mol. The van der Waals surface area contributed by atoms with Crippen molar-refractivity contribution in [2.75, 3.05) is 15.2 Å². The maximum atomic E-state index is 12.8. The first kappa shape index (κ1) is 22.2. The number of anilines is 2. The lowest BCUT2D eigenvalue weighted by Crippen LogP contribution is -2.19. The van der Waals surface area contributed by atoms with Gasteiger partial charge >= 0.3 is 0 Å². The molecule has 0 bridgehead atoms. The third kappa shape index (κ3) is 5.97. The summed E-state index contributed by atoms with van der Waals surface area (Å²) in [7, 11) is -7.40. The highest BCUT2D eigenvalue weighted by Gasteiger charge is 2.19. The van der Waals surface area contributed by atoms with E-state index in [2.05, 4.69) is 9.44 Å². The maximum Gasteiger partial charge on any atom is 0.261 e. The quantitative estimate of drug-likeness (QED) is 0.664. The molecule has 0 unspecified atom stereocenters. The number of aryl methyl sites for hydroxylation is 3. The van der Waals surface area contributed by atoms with Gasteiger partial charge in [0.05, 0.1) is 22.0 Å². The molecule has 0 aromatic heterocycles. The molecule has 0 fully saturated rings. The van der Waals surface area contributed by atoms with Crippen LogP contribution in [-0.4, -0.2) is 22.6 Å². The Balaban J connectivity index is 2.30. The van der Waals surface area contributed by atoms with Crippen molar-refractivity contribution < 1.29 is 16.8 Å². The minimum absolute atomic E-state index is 0.000338. The molecule has 0 saturated carbocycles. The molecule has 0 aliphatic carbocycles. The van der Waals surface area contributed by atoms with Gasteiger partial charge in [-0.3, -0.25) is 9.44 Å². The molecule has 154 valence electrons. The number of hydrogen-bond acceptors (Lipinski definition) is 4. The van der Waals surface area contributed by atoms with Gasteiger partial charge in [-0.15, -0.1) is 0 Å². The molecule has 6 nitrogen and oxygen atoms in total. The summed E-state index contributed by atoms with van der Waals surface area (Å²) in [6, 6.07) is 9.85. The highest BCUT2D eigenvalue weighted by atomic mass is 32.2. The van der Waals surface area contributed by atoms with Gasteiger partial charge in [-0.25, -0.2) is 16.8 Å². The molecule has 28 heavy (non-hydrogen) atoms. The zero-order valence-electron chi connectivity index (χ0n) is 16.9. The van der Waals surface area contributed by atoms with Crippen LogP contribution in [0.5, 0.6) is 0 Å². The average Bonchev–Trinajstić information content (AvgIpc) is 2.57. The van der Waals surface area contributed by atoms with Crippen molar-refractivity contribution in [3.8, 4) is 0 Å². The fourth-order valence-electron chi connectivity index (χ4n) is 2.62. The average molecular weight is 425 g/mol. The summed E-state index contributed by atoms with van der Waals surface area (Å²) in [5.74, 6) is 0.244. The Morgan fingerprint density at radius 1 is 0.821 bits per heavy atom. The zero-order chi connectivity index (χ0) is 21.1. The van der Waals surface area contributed by atoms with Crippen LogP contribution in [0.25, 0.3) is 0 Å². The second kappa shape index (κ2) is 8.53.